The van der Waals surface area contributed by atoms with Crippen molar-refractivity contribution >= 4 is 35.1 Å². The van der Waals surface area contributed by atoms with Crippen molar-refractivity contribution in [1.29, 1.82) is 0 Å². The second-order valence-corrected chi connectivity index (χ2v) is 5.89. The van der Waals surface area contributed by atoms with E-state index in [4.69, 9.17) is 32.4 Å². The zero-order valence-electron chi connectivity index (χ0n) is 13.3. The molecule has 1 N–H and O–H groups in total. The van der Waals surface area contributed by atoms with Gasteiger partial charge in [-0.25, -0.2) is 4.79 Å². The fourth-order valence-electron chi connectivity index (χ4n) is 1.95. The van der Waals surface area contributed by atoms with Crippen LogP contribution in [0.5, 0.6) is 0 Å². The second-order valence-electron chi connectivity index (χ2n) is 5.10. The summed E-state index contributed by atoms with van der Waals surface area (Å²) in [6, 6.07) is 8.16. The van der Waals surface area contributed by atoms with Crippen LogP contribution in [0.25, 0.3) is 11.3 Å². The van der Waals surface area contributed by atoms with Crippen molar-refractivity contribution in [3.8, 4) is 11.3 Å². The van der Waals surface area contributed by atoms with Crippen molar-refractivity contribution in [1.82, 2.24) is 5.32 Å². The second kappa shape index (κ2) is 8.22. The van der Waals surface area contributed by atoms with Gasteiger partial charge in [0.15, 0.2) is 6.10 Å². The van der Waals surface area contributed by atoms with E-state index < -0.39 is 12.1 Å². The Morgan fingerprint density at radius 2 is 2.00 bits per heavy atom. The van der Waals surface area contributed by atoms with E-state index >= 15 is 0 Å². The van der Waals surface area contributed by atoms with Gasteiger partial charge in [-0.05, 0) is 37.6 Å². The van der Waals surface area contributed by atoms with E-state index in [0.29, 0.717) is 27.9 Å². The topological polar surface area (TPSA) is 68.5 Å². The van der Waals surface area contributed by atoms with Crippen LogP contribution in [-0.2, 0) is 9.53 Å². The number of nitrogens with one attached hydrogen (secondary N) is 1. The van der Waals surface area contributed by atoms with Crippen molar-refractivity contribution < 1.29 is 18.7 Å². The first-order valence-corrected chi connectivity index (χ1v) is 8.22. The summed E-state index contributed by atoms with van der Waals surface area (Å²) in [5.41, 5.74) is 0.567. The molecule has 7 heteroatoms. The van der Waals surface area contributed by atoms with Gasteiger partial charge in [-0.15, -0.1) is 0 Å². The minimum absolute atomic E-state index is 0.0174. The summed E-state index contributed by atoms with van der Waals surface area (Å²) in [5.74, 6) is -0.706. The zero-order valence-corrected chi connectivity index (χ0v) is 14.8. The maximum absolute atomic E-state index is 12.1. The van der Waals surface area contributed by atoms with Gasteiger partial charge in [-0.3, -0.25) is 4.79 Å². The summed E-state index contributed by atoms with van der Waals surface area (Å²) >= 11 is 12.1. The summed E-state index contributed by atoms with van der Waals surface area (Å²) in [5, 5.41) is 3.37. The van der Waals surface area contributed by atoms with Crippen LogP contribution in [0.3, 0.4) is 0 Å². The highest BCUT2D eigenvalue weighted by Gasteiger charge is 2.21. The fourth-order valence-corrected chi connectivity index (χ4v) is 2.34. The Morgan fingerprint density at radius 3 is 2.71 bits per heavy atom. The molecule has 128 valence electrons. The van der Waals surface area contributed by atoms with Crippen LogP contribution in [0, 0.1) is 0 Å². The lowest BCUT2D eigenvalue weighted by Gasteiger charge is -2.12. The predicted molar refractivity (Wildman–Crippen MR) is 92.3 cm³/mol. The summed E-state index contributed by atoms with van der Waals surface area (Å²) < 4.78 is 10.6. The highest BCUT2D eigenvalue weighted by atomic mass is 35.5. The number of esters is 1. The van der Waals surface area contributed by atoms with Crippen molar-refractivity contribution in [2.45, 2.75) is 26.4 Å². The Morgan fingerprint density at radius 1 is 1.25 bits per heavy atom. The maximum atomic E-state index is 12.1. The first-order valence-electron chi connectivity index (χ1n) is 7.47. The molecule has 1 aromatic carbocycles. The molecule has 0 aliphatic rings. The van der Waals surface area contributed by atoms with Crippen LogP contribution in [0.2, 0.25) is 10.0 Å². The van der Waals surface area contributed by atoms with E-state index in [-0.39, 0.29) is 11.7 Å². The molecule has 2 rings (SSSR count). The summed E-state index contributed by atoms with van der Waals surface area (Å²) in [6.45, 7) is 3.96. The van der Waals surface area contributed by atoms with E-state index in [2.05, 4.69) is 5.32 Å². The molecule has 0 fully saturated rings. The lowest BCUT2D eigenvalue weighted by atomic mass is 10.2. The molecule has 1 heterocycles. The van der Waals surface area contributed by atoms with Gasteiger partial charge in [0.05, 0.1) is 10.0 Å². The standard InChI is InChI=1S/C17H17Cl2NO4/c1-3-9-20-16(21)10(2)23-17(22)14-8-7-13(24-14)11-5-4-6-12(18)15(11)19/h4-8,10H,3,9H2,1-2H3,(H,20,21)/t10-/m0/s1. The molecule has 1 aromatic heterocycles. The molecule has 0 aliphatic heterocycles. The molecule has 0 saturated carbocycles. The number of amides is 1. The molecular weight excluding hydrogens is 353 g/mol. The molecule has 0 radical (unpaired) electrons. The van der Waals surface area contributed by atoms with Gasteiger partial charge in [0, 0.05) is 12.1 Å². The highest BCUT2D eigenvalue weighted by Crippen LogP contribution is 2.34. The summed E-state index contributed by atoms with van der Waals surface area (Å²) in [7, 11) is 0. The summed E-state index contributed by atoms with van der Waals surface area (Å²) in [4.78, 5) is 23.8. The molecule has 5 nitrogen and oxygen atoms in total. The molecule has 0 spiro atoms. The number of furan rings is 1. The SMILES string of the molecule is CCCNC(=O)[C@H](C)OC(=O)c1ccc(-c2cccc(Cl)c2Cl)o1. The van der Waals surface area contributed by atoms with Crippen LogP contribution in [0.15, 0.2) is 34.7 Å². The van der Waals surface area contributed by atoms with Crippen LogP contribution in [0.4, 0.5) is 0 Å². The monoisotopic (exact) mass is 369 g/mol. The molecule has 1 amide bonds. The molecule has 1 atom stereocenters. The smallest absolute Gasteiger partial charge is 0.375 e. The Labute approximate surface area is 149 Å². The Bertz CT molecular complexity index is 742. The molecule has 0 unspecified atom stereocenters. The Hall–Kier alpha value is -1.98. The quantitative estimate of drug-likeness (QED) is 0.769. The number of hydrogen-bond donors (Lipinski definition) is 1. The molecule has 0 aliphatic carbocycles. The minimum Gasteiger partial charge on any atom is -0.449 e. The molecule has 24 heavy (non-hydrogen) atoms. The van der Waals surface area contributed by atoms with Crippen molar-refractivity contribution in [3.05, 3.63) is 46.1 Å². The minimum atomic E-state index is -0.910. The Balaban J connectivity index is 2.08. The van der Waals surface area contributed by atoms with Crippen molar-refractivity contribution in [3.63, 3.8) is 0 Å². The number of carbonyl (C=O) groups is 2. The van der Waals surface area contributed by atoms with Crippen LogP contribution >= 0.6 is 23.2 Å². The van der Waals surface area contributed by atoms with E-state index in [9.17, 15) is 9.59 Å². The molecular formula is C17H17Cl2NO4. The van der Waals surface area contributed by atoms with Gasteiger partial charge in [-0.2, -0.15) is 0 Å². The van der Waals surface area contributed by atoms with Crippen LogP contribution in [-0.4, -0.2) is 24.5 Å². The number of ether oxygens (including phenoxy) is 1. The number of rotatable bonds is 6. The summed E-state index contributed by atoms with van der Waals surface area (Å²) in [6.07, 6.45) is -0.110. The largest absolute Gasteiger partial charge is 0.449 e. The molecule has 0 bridgehead atoms. The van der Waals surface area contributed by atoms with Gasteiger partial charge >= 0.3 is 5.97 Å². The van der Waals surface area contributed by atoms with E-state index in [1.807, 2.05) is 6.92 Å². The number of halogens is 2. The third-order valence-electron chi connectivity index (χ3n) is 3.23. The van der Waals surface area contributed by atoms with Crippen molar-refractivity contribution in [2.75, 3.05) is 6.54 Å². The van der Waals surface area contributed by atoms with E-state index in [1.165, 1.54) is 13.0 Å². The zero-order chi connectivity index (χ0) is 17.7. The lowest BCUT2D eigenvalue weighted by Crippen LogP contribution is -2.36. The first kappa shape index (κ1) is 18.4. The normalized spacial score (nSPS) is 11.8. The van der Waals surface area contributed by atoms with Gasteiger partial charge in [-0.1, -0.05) is 36.2 Å². The van der Waals surface area contributed by atoms with Crippen molar-refractivity contribution in [2.24, 2.45) is 0 Å². The lowest BCUT2D eigenvalue weighted by molar-refractivity contribution is -0.129. The third-order valence-corrected chi connectivity index (χ3v) is 4.05. The Kier molecular flexibility index (Phi) is 6.29. The molecule has 2 aromatic rings. The highest BCUT2D eigenvalue weighted by molar-refractivity contribution is 6.43. The predicted octanol–water partition coefficient (Wildman–Crippen LogP) is 4.32. The van der Waals surface area contributed by atoms with Crippen LogP contribution in [0.1, 0.15) is 30.8 Å². The number of benzene rings is 1. The molecule has 0 saturated heterocycles. The van der Waals surface area contributed by atoms with Gasteiger partial charge < -0.3 is 14.5 Å². The van der Waals surface area contributed by atoms with Gasteiger partial charge in [0.25, 0.3) is 5.91 Å². The van der Waals surface area contributed by atoms with E-state index in [1.54, 1.807) is 24.3 Å². The van der Waals surface area contributed by atoms with Gasteiger partial charge in [0.2, 0.25) is 5.76 Å². The van der Waals surface area contributed by atoms with Gasteiger partial charge in [0.1, 0.15) is 5.76 Å². The number of hydrogen-bond acceptors (Lipinski definition) is 4. The first-order chi connectivity index (χ1) is 11.4. The third kappa shape index (κ3) is 4.30. The van der Waals surface area contributed by atoms with Crippen LogP contribution < -0.4 is 5.32 Å². The fraction of sp³-hybridized carbons (Fsp3) is 0.294. The maximum Gasteiger partial charge on any atom is 0.375 e. The van der Waals surface area contributed by atoms with E-state index in [0.717, 1.165) is 6.42 Å². The average Bonchev–Trinajstić information content (AvgIpc) is 3.04. The number of carbonyl (C=O) groups excluding carboxylic acids is 2. The average molecular weight is 370 g/mol.